The molecule has 3 rings (SSSR count). The van der Waals surface area contributed by atoms with E-state index in [2.05, 4.69) is 10.6 Å². The van der Waals surface area contributed by atoms with Gasteiger partial charge >= 0.3 is 0 Å². The van der Waals surface area contributed by atoms with E-state index in [-0.39, 0.29) is 21.4 Å². The highest BCUT2D eigenvalue weighted by atomic mass is 35.5. The molecular weight excluding hydrogens is 373 g/mol. The van der Waals surface area contributed by atoms with Gasteiger partial charge in [0, 0.05) is 11.8 Å². The van der Waals surface area contributed by atoms with Crippen LogP contribution < -0.4 is 10.6 Å². The quantitative estimate of drug-likeness (QED) is 0.755. The Morgan fingerprint density at radius 2 is 1.52 bits per heavy atom. The van der Waals surface area contributed by atoms with Gasteiger partial charge in [0.15, 0.2) is 11.6 Å². The zero-order chi connectivity index (χ0) is 18.2. The Morgan fingerprint density at radius 1 is 0.920 bits per heavy atom. The van der Waals surface area contributed by atoms with Crippen molar-refractivity contribution in [3.8, 4) is 0 Å². The summed E-state index contributed by atoms with van der Waals surface area (Å²) in [5.74, 6) is -3.26. The molecule has 2 N–H and O–H groups in total. The summed E-state index contributed by atoms with van der Waals surface area (Å²) in [4.78, 5) is 25.0. The van der Waals surface area contributed by atoms with Crippen molar-refractivity contribution >= 4 is 46.4 Å². The molecule has 0 radical (unpaired) electrons. The van der Waals surface area contributed by atoms with Crippen molar-refractivity contribution in [2.24, 2.45) is 5.41 Å². The minimum atomic E-state index is -1.28. The zero-order valence-corrected chi connectivity index (χ0v) is 14.2. The van der Waals surface area contributed by atoms with Gasteiger partial charge in [-0.3, -0.25) is 9.59 Å². The summed E-state index contributed by atoms with van der Waals surface area (Å²) < 4.78 is 26.2. The fourth-order valence-electron chi connectivity index (χ4n) is 2.36. The van der Waals surface area contributed by atoms with Crippen molar-refractivity contribution in [3.05, 3.63) is 58.1 Å². The number of hydrogen-bond acceptors (Lipinski definition) is 2. The summed E-state index contributed by atoms with van der Waals surface area (Å²) in [6, 6.07) is 7.71. The van der Waals surface area contributed by atoms with Crippen molar-refractivity contribution in [1.82, 2.24) is 0 Å². The third-order valence-electron chi connectivity index (χ3n) is 4.00. The number of para-hydroxylation sites is 1. The molecule has 0 heterocycles. The Balaban J connectivity index is 1.76. The number of rotatable bonds is 4. The van der Waals surface area contributed by atoms with Crippen molar-refractivity contribution in [1.29, 1.82) is 0 Å². The van der Waals surface area contributed by atoms with Crippen LogP contribution in [0.1, 0.15) is 12.8 Å². The molecule has 0 saturated heterocycles. The average Bonchev–Trinajstić information content (AvgIpc) is 3.36. The third-order valence-corrected chi connectivity index (χ3v) is 4.63. The van der Waals surface area contributed by atoms with Crippen molar-refractivity contribution in [2.75, 3.05) is 10.6 Å². The predicted molar refractivity (Wildman–Crippen MR) is 91.7 cm³/mol. The Kier molecular flexibility index (Phi) is 4.67. The smallest absolute Gasteiger partial charge is 0.240 e. The van der Waals surface area contributed by atoms with Gasteiger partial charge in [-0.15, -0.1) is 0 Å². The summed E-state index contributed by atoms with van der Waals surface area (Å²) in [5, 5.41) is 5.50. The lowest BCUT2D eigenvalue weighted by Crippen LogP contribution is -2.35. The van der Waals surface area contributed by atoms with E-state index in [1.807, 2.05) is 0 Å². The zero-order valence-electron chi connectivity index (χ0n) is 12.7. The lowest BCUT2D eigenvalue weighted by atomic mass is 10.0. The lowest BCUT2D eigenvalue weighted by molar-refractivity contribution is -0.131. The Labute approximate surface area is 152 Å². The van der Waals surface area contributed by atoms with E-state index in [1.165, 1.54) is 6.07 Å². The highest BCUT2D eigenvalue weighted by Gasteiger charge is 2.56. The molecule has 2 aromatic carbocycles. The predicted octanol–water partition coefficient (Wildman–Crippen LogP) is 4.63. The topological polar surface area (TPSA) is 58.2 Å². The maximum atomic E-state index is 13.2. The van der Waals surface area contributed by atoms with Gasteiger partial charge in [0.1, 0.15) is 5.41 Å². The van der Waals surface area contributed by atoms with Crippen LogP contribution in [0.4, 0.5) is 20.2 Å². The van der Waals surface area contributed by atoms with Gasteiger partial charge in [-0.05, 0) is 37.1 Å². The molecule has 25 heavy (non-hydrogen) atoms. The number of nitrogens with one attached hydrogen (secondary N) is 2. The van der Waals surface area contributed by atoms with E-state index < -0.39 is 28.9 Å². The van der Waals surface area contributed by atoms with Crippen LogP contribution >= 0.6 is 23.2 Å². The summed E-state index contributed by atoms with van der Waals surface area (Å²) in [6.45, 7) is 0. The largest absolute Gasteiger partial charge is 0.325 e. The van der Waals surface area contributed by atoms with Crippen LogP contribution in [-0.4, -0.2) is 11.8 Å². The monoisotopic (exact) mass is 384 g/mol. The maximum absolute atomic E-state index is 13.2. The molecule has 1 aliphatic rings. The molecule has 0 atom stereocenters. The highest BCUT2D eigenvalue weighted by molar-refractivity contribution is 6.40. The highest BCUT2D eigenvalue weighted by Crippen LogP contribution is 2.48. The van der Waals surface area contributed by atoms with Crippen LogP contribution in [0.15, 0.2) is 36.4 Å². The van der Waals surface area contributed by atoms with E-state index in [0.717, 1.165) is 12.1 Å². The van der Waals surface area contributed by atoms with Gasteiger partial charge in [-0.25, -0.2) is 8.78 Å². The number of halogens is 4. The third kappa shape index (κ3) is 3.45. The standard InChI is InChI=1S/C17H12Cl2F2N2O2/c18-10-2-1-3-11(19)14(10)23-16(25)17(6-7-17)15(24)22-9-4-5-12(20)13(21)8-9/h1-5,8H,6-7H2,(H,22,24)(H,23,25). The van der Waals surface area contributed by atoms with E-state index in [1.54, 1.807) is 18.2 Å². The van der Waals surface area contributed by atoms with E-state index in [4.69, 9.17) is 23.2 Å². The Morgan fingerprint density at radius 3 is 2.08 bits per heavy atom. The molecule has 1 aliphatic carbocycles. The molecule has 0 spiro atoms. The van der Waals surface area contributed by atoms with Gasteiger partial charge in [0.25, 0.3) is 0 Å². The normalized spacial score (nSPS) is 14.7. The van der Waals surface area contributed by atoms with Crippen LogP contribution in [0.3, 0.4) is 0 Å². The van der Waals surface area contributed by atoms with Crippen LogP contribution in [0.25, 0.3) is 0 Å². The number of carbonyl (C=O) groups excluding carboxylic acids is 2. The molecule has 130 valence electrons. The molecule has 4 nitrogen and oxygen atoms in total. The van der Waals surface area contributed by atoms with Crippen LogP contribution in [0.5, 0.6) is 0 Å². The van der Waals surface area contributed by atoms with Gasteiger partial charge in [0.05, 0.1) is 15.7 Å². The number of hydrogen-bond donors (Lipinski definition) is 2. The number of anilines is 2. The second-order valence-electron chi connectivity index (χ2n) is 5.72. The summed E-state index contributed by atoms with van der Waals surface area (Å²) in [7, 11) is 0. The van der Waals surface area contributed by atoms with Crippen molar-refractivity contribution in [3.63, 3.8) is 0 Å². The molecule has 0 aliphatic heterocycles. The van der Waals surface area contributed by atoms with E-state index in [9.17, 15) is 18.4 Å². The molecule has 1 saturated carbocycles. The number of benzene rings is 2. The fraction of sp³-hybridized carbons (Fsp3) is 0.176. The van der Waals surface area contributed by atoms with E-state index >= 15 is 0 Å². The first kappa shape index (κ1) is 17.6. The van der Waals surface area contributed by atoms with Gasteiger partial charge < -0.3 is 10.6 Å². The Bertz CT molecular complexity index is 849. The summed E-state index contributed by atoms with van der Waals surface area (Å²) in [6.07, 6.45) is 0.660. The number of carbonyl (C=O) groups is 2. The van der Waals surface area contributed by atoms with Crippen molar-refractivity contribution in [2.45, 2.75) is 12.8 Å². The van der Waals surface area contributed by atoms with Crippen molar-refractivity contribution < 1.29 is 18.4 Å². The lowest BCUT2D eigenvalue weighted by Gasteiger charge is -2.17. The average molecular weight is 385 g/mol. The van der Waals surface area contributed by atoms with Crippen LogP contribution in [-0.2, 0) is 9.59 Å². The fourth-order valence-corrected chi connectivity index (χ4v) is 2.85. The second kappa shape index (κ2) is 6.61. The molecule has 2 amide bonds. The molecule has 8 heteroatoms. The molecule has 0 unspecified atom stereocenters. The first-order valence-corrected chi connectivity index (χ1v) is 8.11. The van der Waals surface area contributed by atoms with Gasteiger partial charge in [0.2, 0.25) is 11.8 Å². The maximum Gasteiger partial charge on any atom is 0.240 e. The SMILES string of the molecule is O=C(Nc1ccc(F)c(F)c1)C1(C(=O)Nc2c(Cl)cccc2Cl)CC1. The second-order valence-corrected chi connectivity index (χ2v) is 6.53. The molecule has 2 aromatic rings. The van der Waals surface area contributed by atoms with Gasteiger partial charge in [-0.1, -0.05) is 29.3 Å². The van der Waals surface area contributed by atoms with Crippen LogP contribution in [0, 0.1) is 17.0 Å². The molecule has 1 fully saturated rings. The minimum absolute atomic E-state index is 0.0683. The minimum Gasteiger partial charge on any atom is -0.325 e. The number of amides is 2. The Hall–Kier alpha value is -2.18. The molecular formula is C17H12Cl2F2N2O2. The van der Waals surface area contributed by atoms with E-state index in [0.29, 0.717) is 12.8 Å². The van der Waals surface area contributed by atoms with Crippen LogP contribution in [0.2, 0.25) is 10.0 Å². The summed E-state index contributed by atoms with van der Waals surface area (Å²) in [5.41, 5.74) is -0.991. The molecule has 0 aromatic heterocycles. The first-order chi connectivity index (χ1) is 11.8. The molecule has 0 bridgehead atoms. The van der Waals surface area contributed by atoms with Gasteiger partial charge in [-0.2, -0.15) is 0 Å². The first-order valence-electron chi connectivity index (χ1n) is 7.35. The summed E-state index contributed by atoms with van der Waals surface area (Å²) >= 11 is 12.0.